The minimum atomic E-state index is 0.502. The Labute approximate surface area is 118 Å². The van der Waals surface area contributed by atoms with Gasteiger partial charge in [-0.25, -0.2) is 0 Å². The summed E-state index contributed by atoms with van der Waals surface area (Å²) in [5, 5.41) is 0. The second kappa shape index (κ2) is 5.96. The first-order valence-corrected chi connectivity index (χ1v) is 7.56. The van der Waals surface area contributed by atoms with Crippen molar-refractivity contribution < 1.29 is 0 Å². The number of rotatable bonds is 3. The Kier molecular flexibility index (Phi) is 4.51. The predicted molar refractivity (Wildman–Crippen MR) is 83.8 cm³/mol. The summed E-state index contributed by atoms with van der Waals surface area (Å²) in [6.07, 6.45) is 4.91. The van der Waals surface area contributed by atoms with E-state index in [1.165, 1.54) is 49.2 Å². The molecule has 106 valence electrons. The molecule has 2 N–H and O–H groups in total. The third-order valence-electron chi connectivity index (χ3n) is 4.37. The van der Waals surface area contributed by atoms with Crippen LogP contribution in [0.25, 0.3) is 0 Å². The fourth-order valence-corrected chi connectivity index (χ4v) is 3.06. The maximum Gasteiger partial charge on any atom is 0.0396 e. The van der Waals surface area contributed by atoms with Gasteiger partial charge in [0.2, 0.25) is 0 Å². The van der Waals surface area contributed by atoms with Crippen molar-refractivity contribution >= 4 is 5.69 Å². The van der Waals surface area contributed by atoms with Crippen molar-refractivity contribution in [1.82, 2.24) is 0 Å². The Bertz CT molecular complexity index is 423. The van der Waals surface area contributed by atoms with Crippen molar-refractivity contribution in [3.8, 4) is 0 Å². The molecule has 1 aliphatic heterocycles. The molecule has 1 aromatic carbocycles. The van der Waals surface area contributed by atoms with Gasteiger partial charge in [0.1, 0.15) is 0 Å². The topological polar surface area (TPSA) is 29.3 Å². The predicted octanol–water partition coefficient (Wildman–Crippen LogP) is 3.51. The van der Waals surface area contributed by atoms with E-state index in [1.807, 2.05) is 0 Å². The first-order valence-electron chi connectivity index (χ1n) is 7.56. The number of nitrogens with two attached hydrogens (primary N) is 1. The molecule has 1 saturated heterocycles. The molecule has 0 spiro atoms. The van der Waals surface area contributed by atoms with E-state index in [-0.39, 0.29) is 0 Å². The van der Waals surface area contributed by atoms with Gasteiger partial charge in [0.15, 0.2) is 0 Å². The molecule has 0 saturated carbocycles. The number of hydrogen-bond donors (Lipinski definition) is 1. The highest BCUT2D eigenvalue weighted by Gasteiger charge is 2.23. The summed E-state index contributed by atoms with van der Waals surface area (Å²) in [6.45, 7) is 10.1. The second-order valence-corrected chi connectivity index (χ2v) is 6.66. The molecule has 0 aromatic heterocycles. The quantitative estimate of drug-likeness (QED) is 0.901. The molecule has 2 heteroatoms. The van der Waals surface area contributed by atoms with E-state index in [4.69, 9.17) is 5.73 Å². The normalized spacial score (nSPS) is 19.3. The maximum atomic E-state index is 5.63. The summed E-state index contributed by atoms with van der Waals surface area (Å²) in [7, 11) is 0. The van der Waals surface area contributed by atoms with Gasteiger partial charge in [0, 0.05) is 18.8 Å². The molecule has 1 aliphatic rings. The molecule has 0 aliphatic carbocycles. The molecule has 1 heterocycles. The molecule has 2 nitrogen and oxygen atoms in total. The lowest BCUT2D eigenvalue weighted by Crippen LogP contribution is -2.25. The zero-order valence-corrected chi connectivity index (χ0v) is 12.7. The average molecular weight is 260 g/mol. The van der Waals surface area contributed by atoms with E-state index in [2.05, 4.69) is 43.9 Å². The van der Waals surface area contributed by atoms with Crippen LogP contribution in [-0.4, -0.2) is 19.6 Å². The Morgan fingerprint density at radius 2 is 2.00 bits per heavy atom. The number of benzene rings is 1. The Morgan fingerprint density at radius 1 is 1.21 bits per heavy atom. The Hall–Kier alpha value is -1.02. The molecule has 0 bridgehead atoms. The summed E-state index contributed by atoms with van der Waals surface area (Å²) in [6, 6.07) is 6.84. The van der Waals surface area contributed by atoms with E-state index in [1.54, 1.807) is 0 Å². The van der Waals surface area contributed by atoms with Crippen molar-refractivity contribution in [3.63, 3.8) is 0 Å². The third-order valence-corrected chi connectivity index (χ3v) is 4.37. The van der Waals surface area contributed by atoms with Crippen LogP contribution in [0.3, 0.4) is 0 Å². The SMILES string of the molecule is Cc1cc(CCN)ccc1N1CCCC(C)(C)CC1. The first-order chi connectivity index (χ1) is 9.02. The highest BCUT2D eigenvalue weighted by atomic mass is 15.1. The molecule has 0 atom stereocenters. The number of nitrogens with zero attached hydrogens (tertiary/aromatic N) is 1. The molecule has 1 aromatic rings. The lowest BCUT2D eigenvalue weighted by atomic mass is 9.85. The van der Waals surface area contributed by atoms with Crippen LogP contribution in [0.1, 0.15) is 44.2 Å². The van der Waals surface area contributed by atoms with Gasteiger partial charge in [-0.3, -0.25) is 0 Å². The Morgan fingerprint density at radius 3 is 2.68 bits per heavy atom. The van der Waals surface area contributed by atoms with Crippen LogP contribution < -0.4 is 10.6 Å². The molecule has 0 unspecified atom stereocenters. The lowest BCUT2D eigenvalue weighted by Gasteiger charge is -2.26. The number of aryl methyl sites for hydroxylation is 1. The minimum Gasteiger partial charge on any atom is -0.371 e. The van der Waals surface area contributed by atoms with E-state index in [0.717, 1.165) is 13.0 Å². The van der Waals surface area contributed by atoms with Gasteiger partial charge >= 0.3 is 0 Å². The number of hydrogen-bond acceptors (Lipinski definition) is 2. The van der Waals surface area contributed by atoms with E-state index in [9.17, 15) is 0 Å². The molecule has 2 rings (SSSR count). The van der Waals surface area contributed by atoms with E-state index < -0.39 is 0 Å². The average Bonchev–Trinajstić information content (AvgIpc) is 2.51. The third kappa shape index (κ3) is 3.73. The minimum absolute atomic E-state index is 0.502. The Balaban J connectivity index is 2.13. The van der Waals surface area contributed by atoms with Gasteiger partial charge in [0.05, 0.1) is 0 Å². The van der Waals surface area contributed by atoms with E-state index >= 15 is 0 Å². The highest BCUT2D eigenvalue weighted by molar-refractivity contribution is 5.54. The van der Waals surface area contributed by atoms with Crippen molar-refractivity contribution in [2.45, 2.75) is 46.5 Å². The molecular weight excluding hydrogens is 232 g/mol. The van der Waals surface area contributed by atoms with Gasteiger partial charge in [-0.1, -0.05) is 26.0 Å². The number of anilines is 1. The lowest BCUT2D eigenvalue weighted by molar-refractivity contribution is 0.325. The fourth-order valence-electron chi connectivity index (χ4n) is 3.06. The van der Waals surface area contributed by atoms with Gasteiger partial charge in [-0.05, 0) is 61.8 Å². The summed E-state index contributed by atoms with van der Waals surface area (Å²) < 4.78 is 0. The summed E-state index contributed by atoms with van der Waals surface area (Å²) in [5.41, 5.74) is 10.3. The molecule has 19 heavy (non-hydrogen) atoms. The molecule has 0 radical (unpaired) electrons. The van der Waals surface area contributed by atoms with Crippen LogP contribution in [0, 0.1) is 12.3 Å². The van der Waals surface area contributed by atoms with Crippen LogP contribution in [0.2, 0.25) is 0 Å². The van der Waals surface area contributed by atoms with Gasteiger partial charge in [-0.2, -0.15) is 0 Å². The van der Waals surface area contributed by atoms with Crippen molar-refractivity contribution in [2.75, 3.05) is 24.5 Å². The van der Waals surface area contributed by atoms with Gasteiger partial charge < -0.3 is 10.6 Å². The van der Waals surface area contributed by atoms with Crippen molar-refractivity contribution in [1.29, 1.82) is 0 Å². The van der Waals surface area contributed by atoms with Crippen molar-refractivity contribution in [3.05, 3.63) is 29.3 Å². The zero-order valence-electron chi connectivity index (χ0n) is 12.7. The van der Waals surface area contributed by atoms with Crippen LogP contribution in [0.4, 0.5) is 5.69 Å². The summed E-state index contributed by atoms with van der Waals surface area (Å²) in [5.74, 6) is 0. The fraction of sp³-hybridized carbons (Fsp3) is 0.647. The summed E-state index contributed by atoms with van der Waals surface area (Å²) >= 11 is 0. The molecule has 1 fully saturated rings. The van der Waals surface area contributed by atoms with Crippen LogP contribution in [0.5, 0.6) is 0 Å². The van der Waals surface area contributed by atoms with Crippen LogP contribution in [0.15, 0.2) is 18.2 Å². The highest BCUT2D eigenvalue weighted by Crippen LogP contribution is 2.32. The largest absolute Gasteiger partial charge is 0.371 e. The molecular formula is C17H28N2. The van der Waals surface area contributed by atoms with E-state index in [0.29, 0.717) is 5.41 Å². The van der Waals surface area contributed by atoms with Crippen LogP contribution in [-0.2, 0) is 6.42 Å². The van der Waals surface area contributed by atoms with Gasteiger partial charge in [0.25, 0.3) is 0 Å². The van der Waals surface area contributed by atoms with Crippen molar-refractivity contribution in [2.24, 2.45) is 11.1 Å². The monoisotopic (exact) mass is 260 g/mol. The molecule has 0 amide bonds. The maximum absolute atomic E-state index is 5.63. The van der Waals surface area contributed by atoms with Gasteiger partial charge in [-0.15, -0.1) is 0 Å². The second-order valence-electron chi connectivity index (χ2n) is 6.66. The zero-order chi connectivity index (χ0) is 13.9. The summed E-state index contributed by atoms with van der Waals surface area (Å²) in [4.78, 5) is 2.57. The first kappa shape index (κ1) is 14.4. The standard InChI is InChI=1S/C17H28N2/c1-14-13-15(7-10-18)5-6-16(14)19-11-4-8-17(2,3)9-12-19/h5-6,13H,4,7-12,18H2,1-3H3. The smallest absolute Gasteiger partial charge is 0.0396 e. The van der Waals surface area contributed by atoms with Crippen LogP contribution >= 0.6 is 0 Å².